The van der Waals surface area contributed by atoms with Crippen molar-refractivity contribution in [3.05, 3.63) is 53.0 Å². The van der Waals surface area contributed by atoms with Crippen LogP contribution in [0, 0.1) is 6.92 Å². The van der Waals surface area contributed by atoms with Gasteiger partial charge in [0.2, 0.25) is 11.7 Å². The van der Waals surface area contributed by atoms with Crippen LogP contribution in [0.2, 0.25) is 0 Å². The van der Waals surface area contributed by atoms with Gasteiger partial charge in [0.15, 0.2) is 5.76 Å². The summed E-state index contributed by atoms with van der Waals surface area (Å²) in [4.78, 5) is 23.6. The van der Waals surface area contributed by atoms with Crippen LogP contribution in [0.15, 0.2) is 34.9 Å². The normalized spacial score (nSPS) is 13.8. The maximum atomic E-state index is 12.3. The first kappa shape index (κ1) is 11.7. The van der Waals surface area contributed by atoms with Crippen LogP contribution in [0.5, 0.6) is 0 Å². The van der Waals surface area contributed by atoms with E-state index in [-0.39, 0.29) is 11.7 Å². The van der Waals surface area contributed by atoms with E-state index in [9.17, 15) is 9.59 Å². The first-order valence-corrected chi connectivity index (χ1v) is 6.17. The molecular formula is C15H13NO3. The van der Waals surface area contributed by atoms with Crippen LogP contribution in [0.1, 0.15) is 33.7 Å². The van der Waals surface area contributed by atoms with Crippen LogP contribution >= 0.6 is 0 Å². The fourth-order valence-corrected chi connectivity index (χ4v) is 2.26. The van der Waals surface area contributed by atoms with Crippen LogP contribution in [-0.2, 0) is 11.2 Å². The van der Waals surface area contributed by atoms with Gasteiger partial charge in [0.1, 0.15) is 0 Å². The van der Waals surface area contributed by atoms with E-state index < -0.39 is 0 Å². The Morgan fingerprint density at radius 1 is 1.26 bits per heavy atom. The third-order valence-corrected chi connectivity index (χ3v) is 3.33. The minimum Gasteiger partial charge on any atom is -0.461 e. The summed E-state index contributed by atoms with van der Waals surface area (Å²) in [6.07, 6.45) is 2.64. The minimum atomic E-state index is -0.123. The number of amides is 1. The Hall–Kier alpha value is -2.36. The SMILES string of the molecule is Cc1ccoc1C(=O)c1ccc2c(c1)CCC(=O)N2. The molecule has 96 valence electrons. The molecule has 0 aliphatic carbocycles. The predicted molar refractivity (Wildman–Crippen MR) is 70.3 cm³/mol. The number of furan rings is 1. The van der Waals surface area contributed by atoms with E-state index >= 15 is 0 Å². The second-order valence-electron chi connectivity index (χ2n) is 4.68. The molecule has 1 aromatic heterocycles. The molecule has 0 radical (unpaired) electrons. The van der Waals surface area contributed by atoms with Gasteiger partial charge in [0, 0.05) is 17.7 Å². The van der Waals surface area contributed by atoms with E-state index in [1.165, 1.54) is 6.26 Å². The summed E-state index contributed by atoms with van der Waals surface area (Å²) in [7, 11) is 0. The van der Waals surface area contributed by atoms with Crippen LogP contribution in [0.4, 0.5) is 5.69 Å². The Balaban J connectivity index is 1.97. The number of benzene rings is 1. The van der Waals surface area contributed by atoms with Gasteiger partial charge < -0.3 is 9.73 Å². The van der Waals surface area contributed by atoms with Crippen molar-refractivity contribution in [2.75, 3.05) is 5.32 Å². The lowest BCUT2D eigenvalue weighted by molar-refractivity contribution is -0.116. The van der Waals surface area contributed by atoms with E-state index in [0.717, 1.165) is 16.8 Å². The number of carbonyl (C=O) groups is 2. The molecule has 3 rings (SSSR count). The zero-order valence-electron chi connectivity index (χ0n) is 10.5. The molecule has 0 saturated carbocycles. The van der Waals surface area contributed by atoms with Gasteiger partial charge in [-0.25, -0.2) is 0 Å². The van der Waals surface area contributed by atoms with Crippen molar-refractivity contribution in [2.24, 2.45) is 0 Å². The lowest BCUT2D eigenvalue weighted by Gasteiger charge is -2.17. The standard InChI is InChI=1S/C15H13NO3/c1-9-6-7-19-15(9)14(18)11-2-4-12-10(8-11)3-5-13(17)16-12/h2,4,6-8H,3,5H2,1H3,(H,16,17). The number of fused-ring (bicyclic) bond motifs is 1. The molecule has 0 spiro atoms. The van der Waals surface area contributed by atoms with Crippen molar-refractivity contribution >= 4 is 17.4 Å². The summed E-state index contributed by atoms with van der Waals surface area (Å²) >= 11 is 0. The van der Waals surface area contributed by atoms with Crippen LogP contribution in [-0.4, -0.2) is 11.7 Å². The Labute approximate surface area is 110 Å². The van der Waals surface area contributed by atoms with Crippen LogP contribution in [0.3, 0.4) is 0 Å². The molecule has 4 heteroatoms. The highest BCUT2D eigenvalue weighted by molar-refractivity contribution is 6.08. The number of anilines is 1. The van der Waals surface area contributed by atoms with Gasteiger partial charge in [-0.05, 0) is 48.7 Å². The smallest absolute Gasteiger partial charge is 0.228 e. The monoisotopic (exact) mass is 255 g/mol. The Morgan fingerprint density at radius 2 is 2.11 bits per heavy atom. The zero-order chi connectivity index (χ0) is 13.4. The molecule has 1 aliphatic rings. The molecule has 2 aromatic rings. The fraction of sp³-hybridized carbons (Fsp3) is 0.200. The van der Waals surface area contributed by atoms with Gasteiger partial charge in [-0.1, -0.05) is 0 Å². The summed E-state index contributed by atoms with van der Waals surface area (Å²) in [5.74, 6) is 0.274. The topological polar surface area (TPSA) is 59.3 Å². The average molecular weight is 255 g/mol. The molecule has 0 unspecified atom stereocenters. The molecule has 19 heavy (non-hydrogen) atoms. The molecule has 1 aromatic carbocycles. The highest BCUT2D eigenvalue weighted by Crippen LogP contribution is 2.25. The first-order chi connectivity index (χ1) is 9.15. The molecule has 1 amide bonds. The van der Waals surface area contributed by atoms with Crippen LogP contribution < -0.4 is 5.32 Å². The van der Waals surface area contributed by atoms with Crippen molar-refractivity contribution in [3.63, 3.8) is 0 Å². The van der Waals surface area contributed by atoms with Crippen molar-refractivity contribution < 1.29 is 14.0 Å². The molecule has 0 saturated heterocycles. The number of aryl methyl sites for hydroxylation is 2. The summed E-state index contributed by atoms with van der Waals surface area (Å²) in [5.41, 5.74) is 3.21. The number of ketones is 1. The molecule has 4 nitrogen and oxygen atoms in total. The Kier molecular flexibility index (Phi) is 2.71. The molecule has 2 heterocycles. The van der Waals surface area contributed by atoms with Crippen molar-refractivity contribution in [3.8, 4) is 0 Å². The maximum absolute atomic E-state index is 12.3. The van der Waals surface area contributed by atoms with Crippen molar-refractivity contribution in [2.45, 2.75) is 19.8 Å². The Morgan fingerprint density at radius 3 is 2.84 bits per heavy atom. The number of nitrogens with one attached hydrogen (secondary N) is 1. The molecule has 0 fully saturated rings. The number of carbonyl (C=O) groups excluding carboxylic acids is 2. The minimum absolute atomic E-state index is 0.0217. The van der Waals surface area contributed by atoms with Gasteiger partial charge in [-0.2, -0.15) is 0 Å². The highest BCUT2D eigenvalue weighted by Gasteiger charge is 2.19. The van der Waals surface area contributed by atoms with Gasteiger partial charge in [-0.15, -0.1) is 0 Å². The number of rotatable bonds is 2. The second kappa shape index (κ2) is 4.39. The number of hydrogen-bond acceptors (Lipinski definition) is 3. The van der Waals surface area contributed by atoms with E-state index in [0.29, 0.717) is 24.2 Å². The third kappa shape index (κ3) is 2.05. The summed E-state index contributed by atoms with van der Waals surface area (Å²) in [6.45, 7) is 1.84. The molecule has 1 aliphatic heterocycles. The van der Waals surface area contributed by atoms with Gasteiger partial charge in [-0.3, -0.25) is 9.59 Å². The largest absolute Gasteiger partial charge is 0.461 e. The van der Waals surface area contributed by atoms with Crippen LogP contribution in [0.25, 0.3) is 0 Å². The van der Waals surface area contributed by atoms with Gasteiger partial charge >= 0.3 is 0 Å². The second-order valence-corrected chi connectivity index (χ2v) is 4.68. The maximum Gasteiger partial charge on any atom is 0.228 e. The lowest BCUT2D eigenvalue weighted by Crippen LogP contribution is -2.19. The fourth-order valence-electron chi connectivity index (χ4n) is 2.26. The first-order valence-electron chi connectivity index (χ1n) is 6.17. The quantitative estimate of drug-likeness (QED) is 0.839. The lowest BCUT2D eigenvalue weighted by atomic mass is 9.97. The van der Waals surface area contributed by atoms with Gasteiger partial charge in [0.25, 0.3) is 0 Å². The van der Waals surface area contributed by atoms with Gasteiger partial charge in [0.05, 0.1) is 6.26 Å². The molecule has 1 N–H and O–H groups in total. The van der Waals surface area contributed by atoms with E-state index in [1.54, 1.807) is 18.2 Å². The summed E-state index contributed by atoms with van der Waals surface area (Å²) in [6, 6.07) is 7.09. The predicted octanol–water partition coefficient (Wildman–Crippen LogP) is 2.70. The molecule has 0 bridgehead atoms. The zero-order valence-corrected chi connectivity index (χ0v) is 10.5. The molecular weight excluding hydrogens is 242 g/mol. The van der Waals surface area contributed by atoms with E-state index in [4.69, 9.17) is 4.42 Å². The van der Waals surface area contributed by atoms with Crippen molar-refractivity contribution in [1.82, 2.24) is 0 Å². The van der Waals surface area contributed by atoms with Crippen molar-refractivity contribution in [1.29, 1.82) is 0 Å². The number of hydrogen-bond donors (Lipinski definition) is 1. The van der Waals surface area contributed by atoms with E-state index in [1.807, 2.05) is 13.0 Å². The summed E-state index contributed by atoms with van der Waals surface area (Å²) in [5, 5.41) is 2.80. The average Bonchev–Trinajstić information content (AvgIpc) is 2.83. The highest BCUT2D eigenvalue weighted by atomic mass is 16.3. The van der Waals surface area contributed by atoms with E-state index in [2.05, 4.69) is 5.32 Å². The Bertz CT molecular complexity index is 670. The third-order valence-electron chi connectivity index (χ3n) is 3.33. The molecule has 0 atom stereocenters. The summed E-state index contributed by atoms with van der Waals surface area (Å²) < 4.78 is 5.22.